The van der Waals surface area contributed by atoms with Gasteiger partial charge < -0.3 is 5.32 Å². The quantitative estimate of drug-likeness (QED) is 0.572. The van der Waals surface area contributed by atoms with Crippen LogP contribution in [0.1, 0.15) is 6.42 Å². The van der Waals surface area contributed by atoms with Gasteiger partial charge in [-0.2, -0.15) is 0 Å². The molecule has 0 radical (unpaired) electrons. The van der Waals surface area contributed by atoms with Crippen LogP contribution in [0, 0.1) is 0 Å². The molecule has 0 aromatic heterocycles. The fraction of sp³-hybridized carbons (Fsp3) is 0.833. The molecule has 1 unspecified atom stereocenters. The van der Waals surface area contributed by atoms with E-state index in [1.807, 2.05) is 7.05 Å². The monoisotopic (exact) mass is 125 g/mol. The average Bonchev–Trinajstić information content (AvgIpc) is 2.34. The first-order valence-electron chi connectivity index (χ1n) is 3.19. The maximum Gasteiger partial charge on any atom is 0.0896 e. The minimum atomic E-state index is 0.400. The minimum absolute atomic E-state index is 0.400. The van der Waals surface area contributed by atoms with E-state index >= 15 is 0 Å². The van der Waals surface area contributed by atoms with Gasteiger partial charge in [0.2, 0.25) is 0 Å². The molecular formula is C6H11N3. The van der Waals surface area contributed by atoms with Crippen LogP contribution in [-0.4, -0.2) is 32.2 Å². The molecule has 0 aromatic rings. The Morgan fingerprint density at radius 3 is 3.22 bits per heavy atom. The van der Waals surface area contributed by atoms with Gasteiger partial charge in [-0.15, -0.1) is 0 Å². The molecule has 1 N–H and O–H groups in total. The summed E-state index contributed by atoms with van der Waals surface area (Å²) < 4.78 is 0. The zero-order chi connectivity index (χ0) is 6.53. The van der Waals surface area contributed by atoms with E-state index in [0.29, 0.717) is 6.04 Å². The highest BCUT2D eigenvalue weighted by molar-refractivity contribution is 5.44. The van der Waals surface area contributed by atoms with Crippen molar-refractivity contribution in [3.63, 3.8) is 0 Å². The Bertz CT molecular complexity index is 135. The fourth-order valence-corrected chi connectivity index (χ4v) is 0.776. The zero-order valence-corrected chi connectivity index (χ0v) is 5.59. The number of hydrogen-bond donors (Lipinski definition) is 1. The van der Waals surface area contributed by atoms with Crippen LogP contribution in [0.3, 0.4) is 0 Å². The summed E-state index contributed by atoms with van der Waals surface area (Å²) >= 11 is 0. The maximum atomic E-state index is 4.02. The summed E-state index contributed by atoms with van der Waals surface area (Å²) in [7, 11) is 1.94. The van der Waals surface area contributed by atoms with E-state index < -0.39 is 0 Å². The summed E-state index contributed by atoms with van der Waals surface area (Å²) in [5.41, 5.74) is 0. The van der Waals surface area contributed by atoms with Crippen molar-refractivity contribution >= 4 is 6.01 Å². The molecule has 1 heterocycles. The topological polar surface area (TPSA) is 36.8 Å². The van der Waals surface area contributed by atoms with Crippen LogP contribution in [0.15, 0.2) is 9.98 Å². The molecule has 3 heteroatoms. The van der Waals surface area contributed by atoms with Crippen LogP contribution >= 0.6 is 0 Å². The fourth-order valence-electron chi connectivity index (χ4n) is 0.776. The second-order valence-electron chi connectivity index (χ2n) is 2.12. The molecule has 1 atom stereocenters. The van der Waals surface area contributed by atoms with Crippen molar-refractivity contribution < 1.29 is 0 Å². The third-order valence-electron chi connectivity index (χ3n) is 1.34. The molecule has 0 bridgehead atoms. The Labute approximate surface area is 54.9 Å². The predicted octanol–water partition coefficient (Wildman–Crippen LogP) is 0.152. The maximum absolute atomic E-state index is 4.02. The van der Waals surface area contributed by atoms with Crippen LogP contribution in [0.5, 0.6) is 0 Å². The van der Waals surface area contributed by atoms with Crippen LogP contribution in [0.25, 0.3) is 0 Å². The van der Waals surface area contributed by atoms with Gasteiger partial charge >= 0.3 is 0 Å². The van der Waals surface area contributed by atoms with Gasteiger partial charge in [0, 0.05) is 0 Å². The Morgan fingerprint density at radius 2 is 2.67 bits per heavy atom. The van der Waals surface area contributed by atoms with E-state index in [2.05, 4.69) is 21.3 Å². The van der Waals surface area contributed by atoms with E-state index in [4.69, 9.17) is 0 Å². The van der Waals surface area contributed by atoms with Crippen molar-refractivity contribution in [2.75, 3.05) is 20.1 Å². The lowest BCUT2D eigenvalue weighted by atomic mass is 10.2. The van der Waals surface area contributed by atoms with Crippen LogP contribution < -0.4 is 5.32 Å². The predicted molar refractivity (Wildman–Crippen MR) is 37.1 cm³/mol. The number of aliphatic imine (C=N–C) groups is 2. The molecule has 0 aliphatic carbocycles. The number of rotatable bonds is 3. The number of hydrogen-bond acceptors (Lipinski definition) is 3. The first-order chi connectivity index (χ1) is 4.43. The van der Waals surface area contributed by atoms with Gasteiger partial charge in [0.1, 0.15) is 0 Å². The highest BCUT2D eigenvalue weighted by atomic mass is 14.9. The third kappa shape index (κ3) is 1.96. The first-order valence-corrected chi connectivity index (χ1v) is 3.19. The molecule has 0 spiro atoms. The van der Waals surface area contributed by atoms with Gasteiger partial charge in [0.05, 0.1) is 18.6 Å². The molecule has 1 aliphatic heterocycles. The molecule has 0 amide bonds. The average molecular weight is 125 g/mol. The molecule has 1 rings (SSSR count). The Kier molecular flexibility index (Phi) is 2.43. The van der Waals surface area contributed by atoms with Crippen molar-refractivity contribution in [1.29, 1.82) is 0 Å². The van der Waals surface area contributed by atoms with Gasteiger partial charge in [-0.1, -0.05) is 0 Å². The molecule has 0 aromatic carbocycles. The Morgan fingerprint density at radius 1 is 1.78 bits per heavy atom. The summed E-state index contributed by atoms with van der Waals surface area (Å²) in [5.74, 6) is 0. The standard InChI is InChI=1S/C6H11N3/c1-7-3-2-6-4-8-5-9-6/h6-7H,2-4H2,1H3. The molecule has 0 fully saturated rings. The Balaban J connectivity index is 2.09. The number of nitrogens with zero attached hydrogens (tertiary/aromatic N) is 2. The molecular weight excluding hydrogens is 114 g/mol. The summed E-state index contributed by atoms with van der Waals surface area (Å²) in [6.45, 7) is 1.85. The van der Waals surface area contributed by atoms with Crippen molar-refractivity contribution in [1.82, 2.24) is 5.32 Å². The van der Waals surface area contributed by atoms with Gasteiger partial charge in [-0.3, -0.25) is 0 Å². The largest absolute Gasteiger partial charge is 0.320 e. The lowest BCUT2D eigenvalue weighted by molar-refractivity contribution is 0.614. The molecule has 3 nitrogen and oxygen atoms in total. The van der Waals surface area contributed by atoms with E-state index in [0.717, 1.165) is 19.5 Å². The lowest BCUT2D eigenvalue weighted by Crippen LogP contribution is -2.15. The summed E-state index contributed by atoms with van der Waals surface area (Å²) in [6.07, 6.45) is 1.08. The van der Waals surface area contributed by atoms with Gasteiger partial charge in [-0.25, -0.2) is 9.98 Å². The van der Waals surface area contributed by atoms with Crippen LogP contribution in [-0.2, 0) is 0 Å². The summed E-state index contributed by atoms with van der Waals surface area (Å²) in [5, 5.41) is 3.07. The Hall–Kier alpha value is -0.660. The van der Waals surface area contributed by atoms with Crippen molar-refractivity contribution in [2.24, 2.45) is 9.98 Å². The number of nitrogens with one attached hydrogen (secondary N) is 1. The highest BCUT2D eigenvalue weighted by Gasteiger charge is 2.06. The zero-order valence-electron chi connectivity index (χ0n) is 5.59. The van der Waals surface area contributed by atoms with Gasteiger partial charge in [-0.05, 0) is 20.0 Å². The summed E-state index contributed by atoms with van der Waals surface area (Å²) in [4.78, 5) is 7.89. The van der Waals surface area contributed by atoms with Crippen molar-refractivity contribution in [3.05, 3.63) is 0 Å². The lowest BCUT2D eigenvalue weighted by Gasteiger charge is -2.01. The van der Waals surface area contributed by atoms with Crippen molar-refractivity contribution in [2.45, 2.75) is 12.5 Å². The second-order valence-corrected chi connectivity index (χ2v) is 2.12. The molecule has 50 valence electrons. The summed E-state index contributed by atoms with van der Waals surface area (Å²) in [6, 6.07) is 3.00. The van der Waals surface area contributed by atoms with E-state index in [1.54, 1.807) is 0 Å². The third-order valence-corrected chi connectivity index (χ3v) is 1.34. The molecule has 1 aliphatic rings. The first kappa shape index (κ1) is 6.46. The smallest absolute Gasteiger partial charge is 0.0896 e. The minimum Gasteiger partial charge on any atom is -0.320 e. The second kappa shape index (κ2) is 3.38. The van der Waals surface area contributed by atoms with E-state index in [9.17, 15) is 0 Å². The van der Waals surface area contributed by atoms with Gasteiger partial charge in [0.15, 0.2) is 0 Å². The van der Waals surface area contributed by atoms with Crippen LogP contribution in [0.4, 0.5) is 0 Å². The molecule has 0 saturated carbocycles. The van der Waals surface area contributed by atoms with Gasteiger partial charge in [0.25, 0.3) is 0 Å². The molecule has 9 heavy (non-hydrogen) atoms. The van der Waals surface area contributed by atoms with Crippen molar-refractivity contribution in [3.8, 4) is 0 Å². The van der Waals surface area contributed by atoms with E-state index in [-0.39, 0.29) is 0 Å². The van der Waals surface area contributed by atoms with E-state index in [1.165, 1.54) is 0 Å². The molecule has 0 saturated heterocycles. The highest BCUT2D eigenvalue weighted by Crippen LogP contribution is 1.99. The normalized spacial score (nSPS) is 23.4. The SMILES string of the molecule is CNCCC1CN=C=N1. The van der Waals surface area contributed by atoms with Crippen LogP contribution in [0.2, 0.25) is 0 Å².